The number of carbonyl (C=O) groups is 2. The minimum Gasteiger partial charge on any atom is -0.486 e. The lowest BCUT2D eigenvalue weighted by molar-refractivity contribution is -0.146. The Balaban J connectivity index is 1.23. The van der Waals surface area contributed by atoms with Crippen LogP contribution in [0.25, 0.3) is 0 Å². The normalized spacial score (nSPS) is 15.4. The summed E-state index contributed by atoms with van der Waals surface area (Å²) in [4.78, 5) is 26.4. The SMILES string of the molecule is O=C(COC(=O)Cc1ccc2c(c1)OCCO2)Nc1ccc(N2CCOCC2)cc1. The fourth-order valence-corrected chi connectivity index (χ4v) is 3.34. The molecular formula is C22H24N2O6. The van der Waals surface area contributed by atoms with Crippen LogP contribution in [0.15, 0.2) is 42.5 Å². The number of anilines is 2. The zero-order valence-electron chi connectivity index (χ0n) is 16.6. The van der Waals surface area contributed by atoms with E-state index >= 15 is 0 Å². The summed E-state index contributed by atoms with van der Waals surface area (Å²) < 4.78 is 21.4. The van der Waals surface area contributed by atoms with E-state index in [1.54, 1.807) is 18.2 Å². The molecule has 2 aliphatic rings. The number of nitrogens with one attached hydrogen (secondary N) is 1. The van der Waals surface area contributed by atoms with Crippen LogP contribution in [0.4, 0.5) is 11.4 Å². The van der Waals surface area contributed by atoms with Gasteiger partial charge in [-0.05, 0) is 42.0 Å². The molecule has 0 radical (unpaired) electrons. The Labute approximate surface area is 174 Å². The van der Waals surface area contributed by atoms with E-state index < -0.39 is 5.97 Å². The van der Waals surface area contributed by atoms with Gasteiger partial charge < -0.3 is 29.2 Å². The first kappa shape index (κ1) is 20.0. The zero-order valence-corrected chi connectivity index (χ0v) is 16.6. The monoisotopic (exact) mass is 412 g/mol. The first-order chi connectivity index (χ1) is 14.7. The Kier molecular flexibility index (Phi) is 6.34. The van der Waals surface area contributed by atoms with Crippen LogP contribution < -0.4 is 19.7 Å². The fourth-order valence-electron chi connectivity index (χ4n) is 3.34. The molecule has 2 aliphatic heterocycles. The lowest BCUT2D eigenvalue weighted by atomic mass is 10.1. The topological polar surface area (TPSA) is 86.3 Å². The molecule has 2 aromatic rings. The molecule has 8 heteroatoms. The van der Waals surface area contributed by atoms with Crippen LogP contribution in [0, 0.1) is 0 Å². The molecule has 0 spiro atoms. The predicted octanol–water partition coefficient (Wildman–Crippen LogP) is 2.02. The molecule has 0 saturated carbocycles. The fraction of sp³-hybridized carbons (Fsp3) is 0.364. The van der Waals surface area contributed by atoms with Gasteiger partial charge in [0.15, 0.2) is 18.1 Å². The lowest BCUT2D eigenvalue weighted by Crippen LogP contribution is -2.36. The smallest absolute Gasteiger partial charge is 0.310 e. The number of ether oxygens (including phenoxy) is 4. The number of hydrogen-bond donors (Lipinski definition) is 1. The van der Waals surface area contributed by atoms with E-state index in [9.17, 15) is 9.59 Å². The van der Waals surface area contributed by atoms with Gasteiger partial charge in [-0.1, -0.05) is 6.07 Å². The number of fused-ring (bicyclic) bond motifs is 1. The first-order valence-electron chi connectivity index (χ1n) is 9.94. The van der Waals surface area contributed by atoms with Crippen molar-refractivity contribution < 1.29 is 28.5 Å². The second kappa shape index (κ2) is 9.49. The Bertz CT molecular complexity index is 893. The van der Waals surface area contributed by atoms with Gasteiger partial charge in [-0.2, -0.15) is 0 Å². The molecule has 2 aromatic carbocycles. The van der Waals surface area contributed by atoms with Crippen molar-refractivity contribution in [2.45, 2.75) is 6.42 Å². The highest BCUT2D eigenvalue weighted by atomic mass is 16.6. The van der Waals surface area contributed by atoms with Gasteiger partial charge in [0.1, 0.15) is 13.2 Å². The van der Waals surface area contributed by atoms with Gasteiger partial charge in [0.25, 0.3) is 5.91 Å². The van der Waals surface area contributed by atoms with Crippen molar-refractivity contribution in [2.75, 3.05) is 56.3 Å². The number of esters is 1. The van der Waals surface area contributed by atoms with Crippen molar-refractivity contribution in [3.8, 4) is 11.5 Å². The van der Waals surface area contributed by atoms with Gasteiger partial charge >= 0.3 is 5.97 Å². The molecule has 2 heterocycles. The minimum absolute atomic E-state index is 0.0537. The molecule has 0 atom stereocenters. The van der Waals surface area contributed by atoms with Crippen LogP contribution in [-0.4, -0.2) is 58.0 Å². The molecule has 1 amide bonds. The highest BCUT2D eigenvalue weighted by molar-refractivity contribution is 5.93. The van der Waals surface area contributed by atoms with Crippen molar-refractivity contribution in [3.05, 3.63) is 48.0 Å². The molecule has 1 fully saturated rings. The Morgan fingerprint density at radius 2 is 1.67 bits per heavy atom. The standard InChI is InChI=1S/C22H24N2O6/c25-21(23-17-2-4-18(5-3-17)24-7-9-27-10-8-24)15-30-22(26)14-16-1-6-19-20(13-16)29-12-11-28-19/h1-6,13H,7-12,14-15H2,(H,23,25). The first-order valence-corrected chi connectivity index (χ1v) is 9.94. The molecule has 1 saturated heterocycles. The maximum absolute atomic E-state index is 12.1. The Morgan fingerprint density at radius 1 is 0.933 bits per heavy atom. The van der Waals surface area contributed by atoms with Crippen molar-refractivity contribution in [1.82, 2.24) is 0 Å². The molecule has 0 aliphatic carbocycles. The second-order valence-electron chi connectivity index (χ2n) is 7.01. The number of amides is 1. The molecule has 1 N–H and O–H groups in total. The van der Waals surface area contributed by atoms with E-state index in [0.29, 0.717) is 30.4 Å². The number of benzene rings is 2. The predicted molar refractivity (Wildman–Crippen MR) is 110 cm³/mol. The Morgan fingerprint density at radius 3 is 2.43 bits per heavy atom. The number of nitrogens with zero attached hydrogens (tertiary/aromatic N) is 1. The third kappa shape index (κ3) is 5.21. The number of rotatable bonds is 6. The Hall–Kier alpha value is -3.26. The van der Waals surface area contributed by atoms with Crippen LogP contribution in [0.2, 0.25) is 0 Å². The molecule has 0 aromatic heterocycles. The average Bonchev–Trinajstić information content (AvgIpc) is 2.79. The van der Waals surface area contributed by atoms with Crippen LogP contribution >= 0.6 is 0 Å². The maximum atomic E-state index is 12.1. The van der Waals surface area contributed by atoms with Gasteiger partial charge in [0.2, 0.25) is 0 Å². The molecule has 4 rings (SSSR count). The third-order valence-corrected chi connectivity index (χ3v) is 4.85. The quantitative estimate of drug-likeness (QED) is 0.727. The van der Waals surface area contributed by atoms with E-state index in [1.807, 2.05) is 24.3 Å². The molecular weight excluding hydrogens is 388 g/mol. The molecule has 8 nitrogen and oxygen atoms in total. The highest BCUT2D eigenvalue weighted by Crippen LogP contribution is 2.30. The van der Waals surface area contributed by atoms with E-state index in [1.165, 1.54) is 0 Å². The molecule has 158 valence electrons. The van der Waals surface area contributed by atoms with Gasteiger partial charge in [-0.3, -0.25) is 9.59 Å². The highest BCUT2D eigenvalue weighted by Gasteiger charge is 2.15. The van der Waals surface area contributed by atoms with Crippen LogP contribution in [-0.2, 0) is 25.5 Å². The van der Waals surface area contributed by atoms with E-state index in [4.69, 9.17) is 18.9 Å². The molecule has 0 unspecified atom stereocenters. The van der Waals surface area contributed by atoms with Crippen molar-refractivity contribution in [3.63, 3.8) is 0 Å². The summed E-state index contributed by atoms with van der Waals surface area (Å²) in [7, 11) is 0. The van der Waals surface area contributed by atoms with Crippen LogP contribution in [0.5, 0.6) is 11.5 Å². The average molecular weight is 412 g/mol. The summed E-state index contributed by atoms with van der Waals surface area (Å²) in [5.74, 6) is 0.413. The molecule has 0 bridgehead atoms. The van der Waals surface area contributed by atoms with Crippen LogP contribution in [0.1, 0.15) is 5.56 Å². The van der Waals surface area contributed by atoms with Crippen molar-refractivity contribution >= 4 is 23.3 Å². The van der Waals surface area contributed by atoms with Gasteiger partial charge in [0, 0.05) is 24.5 Å². The largest absolute Gasteiger partial charge is 0.486 e. The van der Waals surface area contributed by atoms with E-state index in [-0.39, 0.29) is 18.9 Å². The third-order valence-electron chi connectivity index (χ3n) is 4.85. The maximum Gasteiger partial charge on any atom is 0.310 e. The van der Waals surface area contributed by atoms with Gasteiger partial charge in [0.05, 0.1) is 19.6 Å². The summed E-state index contributed by atoms with van der Waals surface area (Å²) >= 11 is 0. The summed E-state index contributed by atoms with van der Waals surface area (Å²) in [6.07, 6.45) is 0.0537. The summed E-state index contributed by atoms with van der Waals surface area (Å²) in [6, 6.07) is 12.9. The van der Waals surface area contributed by atoms with Crippen molar-refractivity contribution in [2.24, 2.45) is 0 Å². The number of hydrogen-bond acceptors (Lipinski definition) is 7. The van der Waals surface area contributed by atoms with Gasteiger partial charge in [-0.15, -0.1) is 0 Å². The zero-order chi connectivity index (χ0) is 20.8. The molecule has 30 heavy (non-hydrogen) atoms. The van der Waals surface area contributed by atoms with E-state index in [0.717, 1.165) is 37.6 Å². The van der Waals surface area contributed by atoms with Gasteiger partial charge in [-0.25, -0.2) is 0 Å². The van der Waals surface area contributed by atoms with E-state index in [2.05, 4.69) is 10.2 Å². The lowest BCUT2D eigenvalue weighted by Gasteiger charge is -2.28. The van der Waals surface area contributed by atoms with Crippen molar-refractivity contribution in [1.29, 1.82) is 0 Å². The second-order valence-corrected chi connectivity index (χ2v) is 7.01. The van der Waals surface area contributed by atoms with Crippen LogP contribution in [0.3, 0.4) is 0 Å². The number of morpholine rings is 1. The summed E-state index contributed by atoms with van der Waals surface area (Å²) in [5.41, 5.74) is 2.48. The summed E-state index contributed by atoms with van der Waals surface area (Å²) in [5, 5.41) is 2.74. The number of carbonyl (C=O) groups excluding carboxylic acids is 2. The minimum atomic E-state index is -0.482. The summed E-state index contributed by atoms with van der Waals surface area (Å²) in [6.45, 7) is 3.80.